The third-order valence-corrected chi connectivity index (χ3v) is 5.24. The number of nitrogens with zero attached hydrogens (tertiary/aromatic N) is 1. The molecule has 0 atom stereocenters. The van der Waals surface area contributed by atoms with Crippen LogP contribution in [0.2, 0.25) is 0 Å². The lowest BCUT2D eigenvalue weighted by Gasteiger charge is -2.00. The first-order chi connectivity index (χ1) is 12.2. The fourth-order valence-electron chi connectivity index (χ4n) is 2.36. The molecule has 0 saturated heterocycles. The second-order valence-electron chi connectivity index (χ2n) is 5.38. The zero-order valence-corrected chi connectivity index (χ0v) is 16.1. The number of benzene rings is 2. The molecule has 1 heterocycles. The van der Waals surface area contributed by atoms with Crippen molar-refractivity contribution in [2.24, 2.45) is 0 Å². The maximum atomic E-state index is 12.1. The molecular weight excluding hydrogens is 396 g/mol. The van der Waals surface area contributed by atoms with Gasteiger partial charge in [0.15, 0.2) is 5.13 Å². The zero-order chi connectivity index (χ0) is 17.6. The van der Waals surface area contributed by atoms with Crippen molar-refractivity contribution in [3.8, 4) is 11.3 Å². The number of nitrogens with one attached hydrogen (secondary N) is 1. The molecule has 3 aromatic rings. The number of carbonyl (C=O) groups is 1. The molecule has 126 valence electrons. The molecule has 0 aliphatic rings. The Labute approximate surface area is 159 Å². The van der Waals surface area contributed by atoms with Crippen molar-refractivity contribution in [1.29, 1.82) is 0 Å². The highest BCUT2D eigenvalue weighted by molar-refractivity contribution is 9.10. The van der Waals surface area contributed by atoms with E-state index in [1.165, 1.54) is 17.4 Å². The molecule has 25 heavy (non-hydrogen) atoms. The van der Waals surface area contributed by atoms with Gasteiger partial charge in [-0.2, -0.15) is 0 Å². The normalized spacial score (nSPS) is 11.0. The highest BCUT2D eigenvalue weighted by Crippen LogP contribution is 2.32. The average molecular weight is 413 g/mol. The molecule has 0 unspecified atom stereocenters. The summed E-state index contributed by atoms with van der Waals surface area (Å²) in [7, 11) is 0. The van der Waals surface area contributed by atoms with Gasteiger partial charge in [0.1, 0.15) is 0 Å². The van der Waals surface area contributed by atoms with Gasteiger partial charge < -0.3 is 0 Å². The van der Waals surface area contributed by atoms with Crippen LogP contribution in [0, 0.1) is 0 Å². The first kappa shape index (κ1) is 17.6. The lowest BCUT2D eigenvalue weighted by atomic mass is 10.1. The van der Waals surface area contributed by atoms with Crippen LogP contribution >= 0.6 is 27.3 Å². The zero-order valence-electron chi connectivity index (χ0n) is 13.7. The quantitative estimate of drug-likeness (QED) is 0.538. The van der Waals surface area contributed by atoms with Crippen molar-refractivity contribution in [1.82, 2.24) is 4.98 Å². The standard InChI is InChI=1S/C20H17BrN2OS/c1-2-17-19(15-9-11-16(21)12-10-15)23-20(25-17)22-18(24)13-8-14-6-4-3-5-7-14/h3-13H,2H2,1H3,(H,22,23,24)/b13-8+. The van der Waals surface area contributed by atoms with Crippen LogP contribution in [0.15, 0.2) is 65.1 Å². The van der Waals surface area contributed by atoms with E-state index in [2.05, 4.69) is 33.2 Å². The fraction of sp³-hybridized carbons (Fsp3) is 0.100. The minimum atomic E-state index is -0.178. The number of carbonyl (C=O) groups excluding carboxylic acids is 1. The molecule has 0 aliphatic carbocycles. The van der Waals surface area contributed by atoms with Gasteiger partial charge in [-0.3, -0.25) is 10.1 Å². The Hall–Kier alpha value is -2.24. The summed E-state index contributed by atoms with van der Waals surface area (Å²) in [4.78, 5) is 17.9. The molecule has 1 amide bonds. The van der Waals surface area contributed by atoms with Crippen LogP contribution in [0.25, 0.3) is 17.3 Å². The Kier molecular flexibility index (Phi) is 5.79. The number of hydrogen-bond acceptors (Lipinski definition) is 3. The van der Waals surface area contributed by atoms with E-state index in [0.717, 1.165) is 32.6 Å². The Morgan fingerprint density at radius 1 is 1.16 bits per heavy atom. The monoisotopic (exact) mass is 412 g/mol. The minimum Gasteiger partial charge on any atom is -0.298 e. The molecule has 0 radical (unpaired) electrons. The van der Waals surface area contributed by atoms with E-state index in [1.54, 1.807) is 6.08 Å². The van der Waals surface area contributed by atoms with Gasteiger partial charge in [0, 0.05) is 21.0 Å². The van der Waals surface area contributed by atoms with Crippen molar-refractivity contribution < 1.29 is 4.79 Å². The summed E-state index contributed by atoms with van der Waals surface area (Å²) >= 11 is 4.97. The molecular formula is C20H17BrN2OS. The number of hydrogen-bond donors (Lipinski definition) is 1. The lowest BCUT2D eigenvalue weighted by molar-refractivity contribution is -0.111. The second-order valence-corrected chi connectivity index (χ2v) is 7.38. The van der Waals surface area contributed by atoms with Crippen molar-refractivity contribution in [3.63, 3.8) is 0 Å². The SMILES string of the molecule is CCc1sc(NC(=O)/C=C/c2ccccc2)nc1-c1ccc(Br)cc1. The minimum absolute atomic E-state index is 0.178. The van der Waals surface area contributed by atoms with Crippen LogP contribution in [-0.4, -0.2) is 10.9 Å². The number of aromatic nitrogens is 1. The van der Waals surface area contributed by atoms with Gasteiger partial charge >= 0.3 is 0 Å². The molecule has 0 saturated carbocycles. The number of halogens is 1. The highest BCUT2D eigenvalue weighted by atomic mass is 79.9. The van der Waals surface area contributed by atoms with Crippen LogP contribution in [0.5, 0.6) is 0 Å². The van der Waals surface area contributed by atoms with Crippen LogP contribution in [0.4, 0.5) is 5.13 Å². The summed E-state index contributed by atoms with van der Waals surface area (Å²) in [6.07, 6.45) is 4.19. The predicted octanol–water partition coefficient (Wildman–Crippen LogP) is 5.79. The van der Waals surface area contributed by atoms with E-state index < -0.39 is 0 Å². The molecule has 0 fully saturated rings. The van der Waals surface area contributed by atoms with Gasteiger partial charge in [-0.1, -0.05) is 65.3 Å². The van der Waals surface area contributed by atoms with Crippen molar-refractivity contribution in [2.75, 3.05) is 5.32 Å². The van der Waals surface area contributed by atoms with Gasteiger partial charge in [-0.25, -0.2) is 4.98 Å². The van der Waals surface area contributed by atoms with Gasteiger partial charge in [0.05, 0.1) is 5.69 Å². The number of anilines is 1. The van der Waals surface area contributed by atoms with Crippen LogP contribution in [0.3, 0.4) is 0 Å². The Morgan fingerprint density at radius 2 is 1.88 bits per heavy atom. The molecule has 3 nitrogen and oxygen atoms in total. The van der Waals surface area contributed by atoms with E-state index in [-0.39, 0.29) is 5.91 Å². The molecule has 1 aromatic heterocycles. The van der Waals surface area contributed by atoms with Gasteiger partial charge in [-0.15, -0.1) is 11.3 Å². The van der Waals surface area contributed by atoms with Crippen molar-refractivity contribution in [2.45, 2.75) is 13.3 Å². The van der Waals surface area contributed by atoms with E-state index in [0.29, 0.717) is 5.13 Å². The van der Waals surface area contributed by atoms with E-state index in [1.807, 2.05) is 54.6 Å². The third kappa shape index (κ3) is 4.65. The molecule has 3 rings (SSSR count). The van der Waals surface area contributed by atoms with Crippen LogP contribution < -0.4 is 5.32 Å². The van der Waals surface area contributed by atoms with E-state index in [9.17, 15) is 4.79 Å². The Morgan fingerprint density at radius 3 is 2.56 bits per heavy atom. The van der Waals surface area contributed by atoms with E-state index in [4.69, 9.17) is 0 Å². The molecule has 0 bridgehead atoms. The number of amides is 1. The summed E-state index contributed by atoms with van der Waals surface area (Å²) in [6.45, 7) is 2.09. The predicted molar refractivity (Wildman–Crippen MR) is 109 cm³/mol. The summed E-state index contributed by atoms with van der Waals surface area (Å²) in [5.41, 5.74) is 2.97. The van der Waals surface area contributed by atoms with Crippen LogP contribution in [0.1, 0.15) is 17.4 Å². The fourth-order valence-corrected chi connectivity index (χ4v) is 3.55. The smallest absolute Gasteiger partial charge is 0.250 e. The molecule has 5 heteroatoms. The second kappa shape index (κ2) is 8.23. The maximum absolute atomic E-state index is 12.1. The van der Waals surface area contributed by atoms with Gasteiger partial charge in [-0.05, 0) is 30.2 Å². The summed E-state index contributed by atoms with van der Waals surface area (Å²) in [6, 6.07) is 17.8. The van der Waals surface area contributed by atoms with Gasteiger partial charge in [0.25, 0.3) is 0 Å². The van der Waals surface area contributed by atoms with Crippen molar-refractivity contribution in [3.05, 3.63) is 75.6 Å². The molecule has 0 spiro atoms. The maximum Gasteiger partial charge on any atom is 0.250 e. The highest BCUT2D eigenvalue weighted by Gasteiger charge is 2.13. The average Bonchev–Trinajstić information content (AvgIpc) is 3.04. The number of rotatable bonds is 5. The Balaban J connectivity index is 1.76. The van der Waals surface area contributed by atoms with Gasteiger partial charge in [0.2, 0.25) is 5.91 Å². The molecule has 2 aromatic carbocycles. The lowest BCUT2D eigenvalue weighted by Crippen LogP contribution is -2.07. The summed E-state index contributed by atoms with van der Waals surface area (Å²) in [5, 5.41) is 3.48. The first-order valence-corrected chi connectivity index (χ1v) is 9.56. The first-order valence-electron chi connectivity index (χ1n) is 7.95. The number of aryl methyl sites for hydroxylation is 1. The largest absolute Gasteiger partial charge is 0.298 e. The molecule has 1 N–H and O–H groups in total. The van der Waals surface area contributed by atoms with E-state index >= 15 is 0 Å². The molecule has 0 aliphatic heterocycles. The number of thiazole rings is 1. The Bertz CT molecular complexity index is 886. The topological polar surface area (TPSA) is 42.0 Å². The summed E-state index contributed by atoms with van der Waals surface area (Å²) in [5.74, 6) is -0.178. The third-order valence-electron chi connectivity index (χ3n) is 3.59. The van der Waals surface area contributed by atoms with Crippen LogP contribution in [-0.2, 0) is 11.2 Å². The summed E-state index contributed by atoms with van der Waals surface area (Å²) < 4.78 is 1.03. The van der Waals surface area contributed by atoms with Crippen molar-refractivity contribution >= 4 is 44.4 Å².